The van der Waals surface area contributed by atoms with Crippen molar-refractivity contribution in [3.8, 4) is 0 Å². The van der Waals surface area contributed by atoms with Gasteiger partial charge in [0.15, 0.2) is 0 Å². The van der Waals surface area contributed by atoms with Crippen LogP contribution in [0.2, 0.25) is 0 Å². The molecule has 0 unspecified atom stereocenters. The number of amides is 1. The maximum Gasteiger partial charge on any atom is 0.306 e. The van der Waals surface area contributed by atoms with Crippen LogP contribution in [0.4, 0.5) is 0 Å². The van der Waals surface area contributed by atoms with Gasteiger partial charge in [-0.2, -0.15) is 0 Å². The van der Waals surface area contributed by atoms with E-state index in [9.17, 15) is 9.59 Å². The molecule has 1 atom stereocenters. The van der Waals surface area contributed by atoms with E-state index >= 15 is 0 Å². The summed E-state index contributed by atoms with van der Waals surface area (Å²) in [5.41, 5.74) is 2.33. The second-order valence-corrected chi connectivity index (χ2v) is 7.46. The maximum atomic E-state index is 12.5. The van der Waals surface area contributed by atoms with Gasteiger partial charge in [0.2, 0.25) is 5.91 Å². The summed E-state index contributed by atoms with van der Waals surface area (Å²) in [6, 6.07) is 8.41. The van der Waals surface area contributed by atoms with Crippen molar-refractivity contribution in [2.45, 2.75) is 64.8 Å². The van der Waals surface area contributed by atoms with Gasteiger partial charge < -0.3 is 10.4 Å². The maximum absolute atomic E-state index is 12.5. The lowest BCUT2D eigenvalue weighted by molar-refractivity contribution is -0.142. The van der Waals surface area contributed by atoms with Crippen molar-refractivity contribution in [1.29, 1.82) is 0 Å². The van der Waals surface area contributed by atoms with Gasteiger partial charge in [-0.3, -0.25) is 9.59 Å². The Labute approximate surface area is 144 Å². The Morgan fingerprint density at radius 1 is 1.08 bits per heavy atom. The molecule has 2 rings (SSSR count). The van der Waals surface area contributed by atoms with Gasteiger partial charge in [0, 0.05) is 6.04 Å². The molecule has 1 aromatic rings. The van der Waals surface area contributed by atoms with Crippen LogP contribution in [0.1, 0.15) is 63.5 Å². The van der Waals surface area contributed by atoms with E-state index < -0.39 is 5.97 Å². The smallest absolute Gasteiger partial charge is 0.306 e. The van der Waals surface area contributed by atoms with Crippen LogP contribution in [0.25, 0.3) is 0 Å². The van der Waals surface area contributed by atoms with Crippen LogP contribution in [0.5, 0.6) is 0 Å². The summed E-state index contributed by atoms with van der Waals surface area (Å²) in [7, 11) is 0. The van der Waals surface area contributed by atoms with Crippen LogP contribution in [0.15, 0.2) is 24.3 Å². The lowest BCUT2D eigenvalue weighted by Gasteiger charge is -2.28. The fraction of sp³-hybridized carbons (Fsp3) is 0.600. The molecule has 0 spiro atoms. The lowest BCUT2D eigenvalue weighted by atomic mass is 9.85. The van der Waals surface area contributed by atoms with Gasteiger partial charge in [0.05, 0.1) is 11.8 Å². The third-order valence-corrected chi connectivity index (χ3v) is 4.94. The Morgan fingerprint density at radius 2 is 1.67 bits per heavy atom. The van der Waals surface area contributed by atoms with Crippen LogP contribution in [-0.2, 0) is 16.0 Å². The van der Waals surface area contributed by atoms with Gasteiger partial charge in [-0.15, -0.1) is 0 Å². The number of nitrogens with one attached hydrogen (secondary N) is 1. The van der Waals surface area contributed by atoms with Crippen molar-refractivity contribution < 1.29 is 14.7 Å². The van der Waals surface area contributed by atoms with Gasteiger partial charge in [0.25, 0.3) is 0 Å². The van der Waals surface area contributed by atoms with Gasteiger partial charge in [0.1, 0.15) is 0 Å². The number of hydrogen-bond acceptors (Lipinski definition) is 2. The molecule has 0 radical (unpaired) electrons. The molecule has 4 heteroatoms. The largest absolute Gasteiger partial charge is 0.481 e. The zero-order chi connectivity index (χ0) is 17.7. The molecule has 1 aliphatic carbocycles. The first kappa shape index (κ1) is 18.5. The summed E-state index contributed by atoms with van der Waals surface area (Å²) in [5, 5.41) is 12.1. The molecule has 4 nitrogen and oxygen atoms in total. The van der Waals surface area contributed by atoms with Crippen LogP contribution in [-0.4, -0.2) is 23.0 Å². The highest BCUT2D eigenvalue weighted by molar-refractivity contribution is 5.83. The van der Waals surface area contributed by atoms with E-state index in [1.165, 1.54) is 5.56 Å². The van der Waals surface area contributed by atoms with Crippen LogP contribution in [0, 0.1) is 11.8 Å². The predicted molar refractivity (Wildman–Crippen MR) is 94.9 cm³/mol. The SMILES string of the molecule is CC(C)Cc1ccc([C@@H](C)C(=O)NC2CCC(C(=O)O)CC2)cc1. The average Bonchev–Trinajstić information content (AvgIpc) is 2.54. The zero-order valence-electron chi connectivity index (χ0n) is 14.9. The minimum atomic E-state index is -0.713. The van der Waals surface area contributed by atoms with E-state index in [1.54, 1.807) is 0 Å². The zero-order valence-corrected chi connectivity index (χ0v) is 14.9. The van der Waals surface area contributed by atoms with Crippen molar-refractivity contribution in [2.75, 3.05) is 0 Å². The Morgan fingerprint density at radius 3 is 2.17 bits per heavy atom. The van der Waals surface area contributed by atoms with E-state index in [0.717, 1.165) is 24.8 Å². The summed E-state index contributed by atoms with van der Waals surface area (Å²) >= 11 is 0. The molecule has 1 amide bonds. The lowest BCUT2D eigenvalue weighted by Crippen LogP contribution is -2.40. The van der Waals surface area contributed by atoms with Crippen molar-refractivity contribution in [1.82, 2.24) is 5.32 Å². The first-order valence-corrected chi connectivity index (χ1v) is 8.98. The minimum absolute atomic E-state index is 0.0328. The summed E-state index contributed by atoms with van der Waals surface area (Å²) in [5.74, 6) is -0.489. The Kier molecular flexibility index (Phi) is 6.41. The highest BCUT2D eigenvalue weighted by Gasteiger charge is 2.27. The monoisotopic (exact) mass is 331 g/mol. The van der Waals surface area contributed by atoms with Gasteiger partial charge in [-0.05, 0) is 56.1 Å². The van der Waals surface area contributed by atoms with E-state index in [4.69, 9.17) is 5.11 Å². The summed E-state index contributed by atoms with van der Waals surface area (Å²) in [4.78, 5) is 23.4. The molecule has 0 aromatic heterocycles. The van der Waals surface area contributed by atoms with Gasteiger partial charge >= 0.3 is 5.97 Å². The van der Waals surface area contributed by atoms with Gasteiger partial charge in [-0.1, -0.05) is 38.1 Å². The number of carboxylic acid groups (broad SMARTS) is 1. The quantitative estimate of drug-likeness (QED) is 0.834. The summed E-state index contributed by atoms with van der Waals surface area (Å²) in [6.45, 7) is 6.32. The number of aliphatic carboxylic acids is 1. The molecule has 1 saturated carbocycles. The van der Waals surface area contributed by atoms with Crippen molar-refractivity contribution in [3.63, 3.8) is 0 Å². The molecule has 0 heterocycles. The van der Waals surface area contributed by atoms with Crippen molar-refractivity contribution in [3.05, 3.63) is 35.4 Å². The summed E-state index contributed by atoms with van der Waals surface area (Å²) < 4.78 is 0. The molecule has 1 aliphatic rings. The molecular formula is C20H29NO3. The Bertz CT molecular complexity index is 557. The topological polar surface area (TPSA) is 66.4 Å². The number of carbonyl (C=O) groups is 2. The van der Waals surface area contributed by atoms with E-state index in [0.29, 0.717) is 18.8 Å². The Balaban J connectivity index is 1.87. The third kappa shape index (κ3) is 5.08. The van der Waals surface area contributed by atoms with Crippen LogP contribution >= 0.6 is 0 Å². The van der Waals surface area contributed by atoms with Crippen molar-refractivity contribution in [2.24, 2.45) is 11.8 Å². The second kappa shape index (κ2) is 8.32. The van der Waals surface area contributed by atoms with E-state index in [-0.39, 0.29) is 23.8 Å². The van der Waals surface area contributed by atoms with E-state index in [1.807, 2.05) is 19.1 Å². The standard InChI is InChI=1S/C20H29NO3/c1-13(2)12-15-4-6-16(7-5-15)14(3)19(22)21-18-10-8-17(9-11-18)20(23)24/h4-7,13-14,17-18H,8-12H2,1-3H3,(H,21,22)(H,23,24)/t14-,17?,18?/m1/s1. The molecule has 0 aliphatic heterocycles. The third-order valence-electron chi connectivity index (χ3n) is 4.94. The molecule has 132 valence electrons. The molecule has 2 N–H and O–H groups in total. The minimum Gasteiger partial charge on any atom is -0.481 e. The van der Waals surface area contributed by atoms with E-state index in [2.05, 4.69) is 31.3 Å². The average molecular weight is 331 g/mol. The van der Waals surface area contributed by atoms with Crippen molar-refractivity contribution >= 4 is 11.9 Å². The second-order valence-electron chi connectivity index (χ2n) is 7.46. The molecule has 1 fully saturated rings. The highest BCUT2D eigenvalue weighted by atomic mass is 16.4. The number of carbonyl (C=O) groups excluding carboxylic acids is 1. The summed E-state index contributed by atoms with van der Waals surface area (Å²) in [6.07, 6.45) is 3.86. The molecule has 0 saturated heterocycles. The molecular weight excluding hydrogens is 302 g/mol. The first-order valence-electron chi connectivity index (χ1n) is 8.98. The number of carboxylic acids is 1. The predicted octanol–water partition coefficient (Wildman–Crippen LogP) is 3.75. The molecule has 24 heavy (non-hydrogen) atoms. The molecule has 1 aromatic carbocycles. The fourth-order valence-corrected chi connectivity index (χ4v) is 3.38. The highest BCUT2D eigenvalue weighted by Crippen LogP contribution is 2.25. The first-order chi connectivity index (χ1) is 11.4. The normalized spacial score (nSPS) is 22.2. The van der Waals surface area contributed by atoms with Crippen LogP contribution in [0.3, 0.4) is 0 Å². The number of hydrogen-bond donors (Lipinski definition) is 2. The number of rotatable bonds is 6. The van der Waals surface area contributed by atoms with Gasteiger partial charge in [-0.25, -0.2) is 0 Å². The number of benzene rings is 1. The Hall–Kier alpha value is -1.84. The molecule has 0 bridgehead atoms. The van der Waals surface area contributed by atoms with Crippen LogP contribution < -0.4 is 5.32 Å². The fourth-order valence-electron chi connectivity index (χ4n) is 3.38.